The molecule has 3 rings (SSSR count). The third kappa shape index (κ3) is 7.83. The lowest BCUT2D eigenvalue weighted by Gasteiger charge is -2.12. The molecule has 4 heteroatoms. The van der Waals surface area contributed by atoms with Crippen LogP contribution in [-0.2, 0) is 4.74 Å². The Kier molecular flexibility index (Phi) is 9.64. The zero-order chi connectivity index (χ0) is 23.5. The minimum absolute atomic E-state index is 0.140. The van der Waals surface area contributed by atoms with E-state index in [2.05, 4.69) is 18.8 Å². The number of aromatic nitrogens is 1. The van der Waals surface area contributed by atoms with Crippen LogP contribution >= 0.6 is 0 Å². The van der Waals surface area contributed by atoms with Crippen LogP contribution in [0, 0.1) is 5.82 Å². The van der Waals surface area contributed by atoms with Gasteiger partial charge in [-0.3, -0.25) is 4.98 Å². The van der Waals surface area contributed by atoms with Crippen molar-refractivity contribution < 1.29 is 14.2 Å². The van der Waals surface area contributed by atoms with Crippen molar-refractivity contribution in [2.24, 2.45) is 0 Å². The summed E-state index contributed by atoms with van der Waals surface area (Å²) >= 11 is 0. The zero-order valence-corrected chi connectivity index (χ0v) is 19.6. The molecule has 0 saturated carbocycles. The van der Waals surface area contributed by atoms with E-state index in [9.17, 15) is 9.50 Å². The first-order valence-corrected chi connectivity index (χ1v) is 11.9. The molecule has 0 aliphatic carbocycles. The molecule has 1 N–H and O–H groups in total. The second kappa shape index (κ2) is 12.9. The zero-order valence-electron chi connectivity index (χ0n) is 19.6. The molecule has 1 unspecified atom stereocenters. The van der Waals surface area contributed by atoms with Gasteiger partial charge in [0.1, 0.15) is 11.6 Å². The summed E-state index contributed by atoms with van der Waals surface area (Å²) in [4.78, 5) is 4.22. The molecule has 2 aromatic carbocycles. The van der Waals surface area contributed by atoms with Gasteiger partial charge in [0.05, 0.1) is 18.0 Å². The van der Waals surface area contributed by atoms with Crippen LogP contribution in [0.4, 0.5) is 4.39 Å². The molecular weight excluding hydrogens is 413 g/mol. The molecule has 0 bridgehead atoms. The number of aromatic hydroxyl groups is 1. The quantitative estimate of drug-likeness (QED) is 0.286. The largest absolute Gasteiger partial charge is 0.506 e. The van der Waals surface area contributed by atoms with Crippen LogP contribution in [0.2, 0.25) is 0 Å². The summed E-state index contributed by atoms with van der Waals surface area (Å²) in [5.41, 5.74) is 4.11. The number of allylic oxidation sites excluding steroid dienone is 1. The monoisotopic (exact) mass is 447 g/mol. The van der Waals surface area contributed by atoms with Crippen molar-refractivity contribution >= 4 is 6.08 Å². The molecule has 3 aromatic rings. The second-order valence-corrected chi connectivity index (χ2v) is 8.44. The van der Waals surface area contributed by atoms with Gasteiger partial charge in [0.15, 0.2) is 0 Å². The molecule has 0 fully saturated rings. The molecule has 0 spiro atoms. The van der Waals surface area contributed by atoms with Gasteiger partial charge in [-0.1, -0.05) is 68.3 Å². The van der Waals surface area contributed by atoms with E-state index in [1.165, 1.54) is 19.0 Å². The van der Waals surface area contributed by atoms with Gasteiger partial charge in [-0.2, -0.15) is 0 Å². The fraction of sp³-hybridized carbons (Fsp3) is 0.345. The van der Waals surface area contributed by atoms with Crippen LogP contribution in [0.1, 0.15) is 57.9 Å². The van der Waals surface area contributed by atoms with Crippen molar-refractivity contribution in [3.05, 3.63) is 78.3 Å². The van der Waals surface area contributed by atoms with E-state index in [4.69, 9.17) is 4.74 Å². The van der Waals surface area contributed by atoms with E-state index in [0.717, 1.165) is 54.7 Å². The Morgan fingerprint density at radius 2 is 1.73 bits per heavy atom. The normalized spacial score (nSPS) is 12.3. The number of nitrogens with zero attached hydrogens (tertiary/aromatic N) is 1. The number of halogens is 1. The van der Waals surface area contributed by atoms with Crippen molar-refractivity contribution in [3.63, 3.8) is 0 Å². The Bertz CT molecular complexity index is 1010. The summed E-state index contributed by atoms with van der Waals surface area (Å²) in [5.74, 6) is -0.0815. The summed E-state index contributed by atoms with van der Waals surface area (Å²) in [5, 5.41) is 9.38. The summed E-state index contributed by atoms with van der Waals surface area (Å²) < 4.78 is 20.5. The number of hydrogen-bond acceptors (Lipinski definition) is 3. The number of ether oxygens (including phenoxy) is 1. The molecule has 1 atom stereocenters. The lowest BCUT2D eigenvalue weighted by atomic mass is 10.0. The summed E-state index contributed by atoms with van der Waals surface area (Å²) in [6.45, 7) is 5.17. The predicted octanol–water partition coefficient (Wildman–Crippen LogP) is 8.04. The van der Waals surface area contributed by atoms with Crippen LogP contribution < -0.4 is 0 Å². The van der Waals surface area contributed by atoms with Crippen LogP contribution in [0.15, 0.2) is 66.9 Å². The van der Waals surface area contributed by atoms with Gasteiger partial charge < -0.3 is 9.84 Å². The first-order valence-electron chi connectivity index (χ1n) is 11.9. The summed E-state index contributed by atoms with van der Waals surface area (Å²) in [6, 6.07) is 16.6. The van der Waals surface area contributed by atoms with E-state index in [-0.39, 0.29) is 17.7 Å². The molecule has 33 heavy (non-hydrogen) atoms. The SMILES string of the molecule is CCCCCOC(C)CCC/C=C/c1ccc(-c2ccc(-c3ccc(O)cn3)cc2)cc1F. The molecule has 174 valence electrons. The minimum Gasteiger partial charge on any atom is -0.506 e. The Hall–Kier alpha value is -2.98. The molecule has 0 saturated heterocycles. The van der Waals surface area contributed by atoms with E-state index < -0.39 is 0 Å². The highest BCUT2D eigenvalue weighted by atomic mass is 19.1. The van der Waals surface area contributed by atoms with E-state index in [1.807, 2.05) is 48.6 Å². The van der Waals surface area contributed by atoms with E-state index in [1.54, 1.807) is 18.2 Å². The van der Waals surface area contributed by atoms with Crippen molar-refractivity contribution in [2.75, 3.05) is 6.61 Å². The third-order valence-electron chi connectivity index (χ3n) is 5.69. The van der Waals surface area contributed by atoms with Gasteiger partial charge >= 0.3 is 0 Å². The third-order valence-corrected chi connectivity index (χ3v) is 5.69. The fourth-order valence-corrected chi connectivity index (χ4v) is 3.69. The molecule has 0 amide bonds. The van der Waals surface area contributed by atoms with Crippen LogP contribution in [0.3, 0.4) is 0 Å². The lowest BCUT2D eigenvalue weighted by Crippen LogP contribution is -2.08. The second-order valence-electron chi connectivity index (χ2n) is 8.44. The topological polar surface area (TPSA) is 42.4 Å². The number of pyridine rings is 1. The maximum absolute atomic E-state index is 14.7. The van der Waals surface area contributed by atoms with Gasteiger partial charge in [-0.15, -0.1) is 0 Å². The van der Waals surface area contributed by atoms with Gasteiger partial charge in [0.2, 0.25) is 0 Å². The first kappa shape index (κ1) is 24.7. The summed E-state index contributed by atoms with van der Waals surface area (Å²) in [7, 11) is 0. The highest BCUT2D eigenvalue weighted by molar-refractivity contribution is 5.70. The van der Waals surface area contributed by atoms with E-state index >= 15 is 0 Å². The Morgan fingerprint density at radius 3 is 2.42 bits per heavy atom. The Morgan fingerprint density at radius 1 is 0.970 bits per heavy atom. The van der Waals surface area contributed by atoms with Gasteiger partial charge in [0.25, 0.3) is 0 Å². The van der Waals surface area contributed by atoms with Crippen LogP contribution in [0.5, 0.6) is 5.75 Å². The fourth-order valence-electron chi connectivity index (χ4n) is 3.69. The molecule has 0 aliphatic rings. The van der Waals surface area contributed by atoms with Gasteiger partial charge in [-0.25, -0.2) is 4.39 Å². The Labute approximate surface area is 197 Å². The average Bonchev–Trinajstić information content (AvgIpc) is 2.83. The van der Waals surface area contributed by atoms with Crippen molar-refractivity contribution in [3.8, 4) is 28.1 Å². The number of unbranched alkanes of at least 4 members (excludes halogenated alkanes) is 3. The predicted molar refractivity (Wildman–Crippen MR) is 135 cm³/mol. The van der Waals surface area contributed by atoms with Gasteiger partial charge in [0, 0.05) is 17.7 Å². The first-order chi connectivity index (χ1) is 16.1. The number of benzene rings is 2. The van der Waals surface area contributed by atoms with Crippen molar-refractivity contribution in [2.45, 2.75) is 58.5 Å². The summed E-state index contributed by atoms with van der Waals surface area (Å²) in [6.07, 6.45) is 12.2. The smallest absolute Gasteiger partial charge is 0.133 e. The molecule has 0 aliphatic heterocycles. The molecule has 0 radical (unpaired) electrons. The maximum atomic E-state index is 14.7. The van der Waals surface area contributed by atoms with Gasteiger partial charge in [-0.05, 0) is 61.9 Å². The van der Waals surface area contributed by atoms with Crippen LogP contribution in [0.25, 0.3) is 28.5 Å². The number of rotatable bonds is 12. The molecule has 1 heterocycles. The molecular formula is C29H34FNO2. The lowest BCUT2D eigenvalue weighted by molar-refractivity contribution is 0.0566. The van der Waals surface area contributed by atoms with E-state index in [0.29, 0.717) is 5.56 Å². The minimum atomic E-state index is -0.222. The van der Waals surface area contributed by atoms with Crippen molar-refractivity contribution in [1.29, 1.82) is 0 Å². The average molecular weight is 448 g/mol. The Balaban J connectivity index is 1.51. The maximum Gasteiger partial charge on any atom is 0.133 e. The highest BCUT2D eigenvalue weighted by Gasteiger charge is 2.06. The molecule has 1 aromatic heterocycles. The van der Waals surface area contributed by atoms with Crippen molar-refractivity contribution in [1.82, 2.24) is 4.98 Å². The standard InChI is InChI=1S/C29H34FNO2/c1-3-4-8-19-33-22(2)9-6-5-7-10-24-13-16-26(20-28(24)30)23-11-14-25(15-12-23)29-18-17-27(32)21-31-29/h7,10-18,20-22,32H,3-6,8-9,19H2,1-2H3/b10-7+. The van der Waals surface area contributed by atoms with Crippen LogP contribution in [-0.4, -0.2) is 22.8 Å². The highest BCUT2D eigenvalue weighted by Crippen LogP contribution is 2.26. The molecule has 3 nitrogen and oxygen atoms in total. The number of hydrogen-bond donors (Lipinski definition) is 1.